The zero-order chi connectivity index (χ0) is 11.5. The third kappa shape index (κ3) is 3.08. The van der Waals surface area contributed by atoms with Gasteiger partial charge in [0.2, 0.25) is 0 Å². The normalized spacial score (nSPS) is 11.3. The van der Waals surface area contributed by atoms with Crippen molar-refractivity contribution in [3.05, 3.63) is 18.2 Å². The number of ether oxygens (including phenoxy) is 1. The van der Waals surface area contributed by atoms with E-state index in [1.54, 1.807) is 0 Å². The Kier molecular flexibility index (Phi) is 3.51. The fraction of sp³-hybridized carbons (Fsp3) is 0.250. The number of rotatable bonds is 4. The van der Waals surface area contributed by atoms with Crippen molar-refractivity contribution in [2.24, 2.45) is 0 Å². The average molecular weight is 233 g/mol. The maximum absolute atomic E-state index is 10.9. The number of hydrogen-bond acceptors (Lipinski definition) is 5. The van der Waals surface area contributed by atoms with Crippen LogP contribution >= 0.6 is 0 Å². The van der Waals surface area contributed by atoms with Crippen molar-refractivity contribution in [3.63, 3.8) is 0 Å². The zero-order valence-corrected chi connectivity index (χ0v) is 8.57. The molecule has 0 amide bonds. The molecule has 0 aliphatic rings. The van der Waals surface area contributed by atoms with E-state index in [1.165, 1.54) is 12.1 Å². The van der Waals surface area contributed by atoms with Gasteiger partial charge in [0.05, 0.1) is 6.61 Å². The van der Waals surface area contributed by atoms with E-state index in [-0.39, 0.29) is 24.7 Å². The molecule has 6 nitrogen and oxygen atoms in total. The van der Waals surface area contributed by atoms with Crippen LogP contribution in [0.1, 0.15) is 0 Å². The molecule has 15 heavy (non-hydrogen) atoms. The number of nitrogens with two attached hydrogens (primary N) is 1. The molecule has 0 aliphatic carbocycles. The Morgan fingerprint density at radius 2 is 2.07 bits per heavy atom. The van der Waals surface area contributed by atoms with Crippen LogP contribution in [0.2, 0.25) is 0 Å². The van der Waals surface area contributed by atoms with Gasteiger partial charge in [-0.2, -0.15) is 8.42 Å². The number of aliphatic hydroxyl groups is 1. The maximum atomic E-state index is 10.9. The van der Waals surface area contributed by atoms with Crippen molar-refractivity contribution in [2.75, 3.05) is 18.9 Å². The molecule has 1 rings (SSSR count). The third-order valence-electron chi connectivity index (χ3n) is 1.59. The van der Waals surface area contributed by atoms with Crippen molar-refractivity contribution >= 4 is 15.8 Å². The van der Waals surface area contributed by atoms with Crippen LogP contribution in [0.25, 0.3) is 0 Å². The first-order valence-electron chi connectivity index (χ1n) is 4.06. The average Bonchev–Trinajstić information content (AvgIpc) is 2.14. The van der Waals surface area contributed by atoms with Crippen LogP contribution in [0.3, 0.4) is 0 Å². The third-order valence-corrected chi connectivity index (χ3v) is 2.47. The molecule has 0 atom stereocenters. The highest BCUT2D eigenvalue weighted by atomic mass is 32.2. The SMILES string of the molecule is Nc1ccc(OCCO)c(S(=O)(=O)O)c1. The lowest BCUT2D eigenvalue weighted by atomic mass is 10.3. The largest absolute Gasteiger partial charge is 0.490 e. The van der Waals surface area contributed by atoms with Crippen molar-refractivity contribution in [3.8, 4) is 5.75 Å². The molecule has 0 fully saturated rings. The predicted octanol–water partition coefficient (Wildman–Crippen LogP) is -0.113. The monoisotopic (exact) mass is 233 g/mol. The zero-order valence-electron chi connectivity index (χ0n) is 7.75. The van der Waals surface area contributed by atoms with Gasteiger partial charge in [-0.25, -0.2) is 0 Å². The van der Waals surface area contributed by atoms with Gasteiger partial charge in [-0.05, 0) is 18.2 Å². The van der Waals surface area contributed by atoms with Gasteiger partial charge in [-0.15, -0.1) is 0 Å². The van der Waals surface area contributed by atoms with Crippen LogP contribution in [0.4, 0.5) is 5.69 Å². The molecular weight excluding hydrogens is 222 g/mol. The minimum atomic E-state index is -4.37. The van der Waals surface area contributed by atoms with E-state index >= 15 is 0 Å². The lowest BCUT2D eigenvalue weighted by Gasteiger charge is -2.08. The Bertz CT molecular complexity index is 442. The first-order valence-corrected chi connectivity index (χ1v) is 5.50. The summed E-state index contributed by atoms with van der Waals surface area (Å²) in [4.78, 5) is -0.407. The highest BCUT2D eigenvalue weighted by Crippen LogP contribution is 2.25. The number of hydrogen-bond donors (Lipinski definition) is 3. The van der Waals surface area contributed by atoms with Gasteiger partial charge >= 0.3 is 0 Å². The minimum Gasteiger partial charge on any atom is -0.490 e. The van der Waals surface area contributed by atoms with Gasteiger partial charge < -0.3 is 15.6 Å². The van der Waals surface area contributed by atoms with Gasteiger partial charge in [0.15, 0.2) is 0 Å². The minimum absolute atomic E-state index is 0.0410. The molecule has 1 aromatic rings. The van der Waals surface area contributed by atoms with Crippen LogP contribution in [-0.2, 0) is 10.1 Å². The fourth-order valence-corrected chi connectivity index (χ4v) is 1.67. The van der Waals surface area contributed by atoms with Crippen LogP contribution in [0, 0.1) is 0 Å². The molecule has 0 spiro atoms. The molecule has 0 heterocycles. The molecule has 0 aromatic heterocycles. The Hall–Kier alpha value is -1.31. The lowest BCUT2D eigenvalue weighted by molar-refractivity contribution is 0.198. The van der Waals surface area contributed by atoms with Crippen molar-refractivity contribution in [1.29, 1.82) is 0 Å². The van der Waals surface area contributed by atoms with Crippen LogP contribution in [-0.4, -0.2) is 31.3 Å². The van der Waals surface area contributed by atoms with Crippen LogP contribution in [0.15, 0.2) is 23.1 Å². The Labute approximate surface area is 87.0 Å². The number of aliphatic hydroxyl groups excluding tert-OH is 1. The Balaban J connectivity index is 3.15. The second-order valence-electron chi connectivity index (χ2n) is 2.75. The first-order chi connectivity index (χ1) is 6.95. The molecule has 0 radical (unpaired) electrons. The topological polar surface area (TPSA) is 110 Å². The predicted molar refractivity (Wildman–Crippen MR) is 53.2 cm³/mol. The van der Waals surface area contributed by atoms with Gasteiger partial charge in [0, 0.05) is 5.69 Å². The van der Waals surface area contributed by atoms with Crippen molar-refractivity contribution in [1.82, 2.24) is 0 Å². The highest BCUT2D eigenvalue weighted by molar-refractivity contribution is 7.86. The molecule has 0 unspecified atom stereocenters. The second kappa shape index (κ2) is 4.47. The smallest absolute Gasteiger partial charge is 0.298 e. The summed E-state index contributed by atoms with van der Waals surface area (Å²) in [7, 11) is -4.37. The van der Waals surface area contributed by atoms with Crippen molar-refractivity contribution < 1.29 is 22.8 Å². The van der Waals surface area contributed by atoms with E-state index in [1.807, 2.05) is 0 Å². The quantitative estimate of drug-likeness (QED) is 0.494. The van der Waals surface area contributed by atoms with E-state index < -0.39 is 15.0 Å². The second-order valence-corrected chi connectivity index (χ2v) is 4.14. The van der Waals surface area contributed by atoms with Gasteiger partial charge in [-0.1, -0.05) is 0 Å². The summed E-state index contributed by atoms with van der Waals surface area (Å²) in [6.45, 7) is -0.318. The molecule has 0 saturated heterocycles. The van der Waals surface area contributed by atoms with Crippen LogP contribution < -0.4 is 10.5 Å². The number of anilines is 1. The summed E-state index contributed by atoms with van der Waals surface area (Å²) in [5.74, 6) is -0.0410. The summed E-state index contributed by atoms with van der Waals surface area (Å²) in [6, 6.07) is 3.83. The number of nitrogen functional groups attached to an aromatic ring is 1. The molecular formula is C8H11NO5S. The first kappa shape index (κ1) is 11.8. The van der Waals surface area contributed by atoms with E-state index in [4.69, 9.17) is 20.1 Å². The Morgan fingerprint density at radius 3 is 2.60 bits per heavy atom. The van der Waals surface area contributed by atoms with E-state index in [2.05, 4.69) is 0 Å². The summed E-state index contributed by atoms with van der Waals surface area (Å²) in [5.41, 5.74) is 5.57. The lowest BCUT2D eigenvalue weighted by Crippen LogP contribution is -2.07. The fourth-order valence-electron chi connectivity index (χ4n) is 1.00. The summed E-state index contributed by atoms with van der Waals surface area (Å²) in [6.07, 6.45) is 0. The summed E-state index contributed by atoms with van der Waals surface area (Å²) >= 11 is 0. The van der Waals surface area contributed by atoms with Gasteiger partial charge in [-0.3, -0.25) is 4.55 Å². The van der Waals surface area contributed by atoms with Gasteiger partial charge in [0.1, 0.15) is 17.3 Å². The van der Waals surface area contributed by atoms with Gasteiger partial charge in [0.25, 0.3) is 10.1 Å². The van der Waals surface area contributed by atoms with E-state index in [9.17, 15) is 8.42 Å². The molecule has 4 N–H and O–H groups in total. The molecule has 0 bridgehead atoms. The summed E-state index contributed by atoms with van der Waals surface area (Å²) < 4.78 is 35.6. The summed E-state index contributed by atoms with van der Waals surface area (Å²) in [5, 5.41) is 8.51. The Morgan fingerprint density at radius 1 is 1.40 bits per heavy atom. The van der Waals surface area contributed by atoms with Crippen LogP contribution in [0.5, 0.6) is 5.75 Å². The highest BCUT2D eigenvalue weighted by Gasteiger charge is 2.16. The number of benzene rings is 1. The molecule has 1 aromatic carbocycles. The maximum Gasteiger partial charge on any atom is 0.298 e. The molecule has 0 saturated carbocycles. The standard InChI is InChI=1S/C8H11NO5S/c9-6-1-2-7(14-4-3-10)8(5-6)15(11,12)13/h1-2,5,10H,3-4,9H2,(H,11,12,13). The van der Waals surface area contributed by atoms with E-state index in [0.29, 0.717) is 0 Å². The molecule has 0 aliphatic heterocycles. The van der Waals surface area contributed by atoms with E-state index in [0.717, 1.165) is 6.07 Å². The molecule has 84 valence electrons. The molecule has 7 heteroatoms. The van der Waals surface area contributed by atoms with Crippen molar-refractivity contribution in [2.45, 2.75) is 4.90 Å².